The van der Waals surface area contributed by atoms with Crippen molar-refractivity contribution in [3.63, 3.8) is 0 Å². The first-order valence-electron chi connectivity index (χ1n) is 9.70. The molecule has 0 saturated heterocycles. The maximum atomic E-state index is 12.0. The molecule has 0 aliphatic carbocycles. The molecule has 2 aliphatic rings. The SMILES string of the molecule is CC(C)(C)[C@H](N)C(=O)N1CC=C[C@H]1C#N.CC(C)[C@H](N)C(=O)N1CC=C[C@H]1C#N. The maximum absolute atomic E-state index is 12.0. The van der Waals surface area contributed by atoms with E-state index in [-0.39, 0.29) is 23.1 Å². The lowest BCUT2D eigenvalue weighted by Gasteiger charge is -2.31. The van der Waals surface area contributed by atoms with Crippen molar-refractivity contribution in [3.05, 3.63) is 24.3 Å². The number of amides is 2. The molecule has 0 spiro atoms. The summed E-state index contributed by atoms with van der Waals surface area (Å²) >= 11 is 0. The first-order chi connectivity index (χ1) is 13.4. The van der Waals surface area contributed by atoms with Crippen LogP contribution in [0.2, 0.25) is 0 Å². The quantitative estimate of drug-likeness (QED) is 0.675. The molecule has 29 heavy (non-hydrogen) atoms. The third kappa shape index (κ3) is 6.15. The fourth-order valence-electron chi connectivity index (χ4n) is 2.75. The van der Waals surface area contributed by atoms with Gasteiger partial charge in [-0.15, -0.1) is 0 Å². The van der Waals surface area contributed by atoms with Crippen LogP contribution in [0.5, 0.6) is 0 Å². The van der Waals surface area contributed by atoms with Crippen LogP contribution in [0.15, 0.2) is 24.3 Å². The van der Waals surface area contributed by atoms with Crippen LogP contribution in [-0.4, -0.2) is 58.9 Å². The topological polar surface area (TPSA) is 140 Å². The molecule has 2 aliphatic heterocycles. The second-order valence-electron chi connectivity index (χ2n) is 8.60. The Hall–Kier alpha value is -2.68. The Morgan fingerprint density at radius 1 is 0.966 bits per heavy atom. The summed E-state index contributed by atoms with van der Waals surface area (Å²) in [6, 6.07) is 2.15. The molecular formula is C21H32N6O2. The van der Waals surface area contributed by atoms with Gasteiger partial charge in [-0.3, -0.25) is 9.59 Å². The van der Waals surface area contributed by atoms with Gasteiger partial charge < -0.3 is 21.3 Å². The van der Waals surface area contributed by atoms with Crippen molar-refractivity contribution in [2.24, 2.45) is 22.8 Å². The Bertz CT molecular complexity index is 738. The van der Waals surface area contributed by atoms with Crippen molar-refractivity contribution in [1.29, 1.82) is 10.5 Å². The molecule has 0 radical (unpaired) electrons. The minimum absolute atomic E-state index is 0.0995. The lowest BCUT2D eigenvalue weighted by Crippen LogP contribution is -2.51. The largest absolute Gasteiger partial charge is 0.320 e. The van der Waals surface area contributed by atoms with Gasteiger partial charge >= 0.3 is 0 Å². The van der Waals surface area contributed by atoms with Crippen LogP contribution in [0, 0.1) is 34.0 Å². The Labute approximate surface area is 173 Å². The molecule has 0 fully saturated rings. The van der Waals surface area contributed by atoms with E-state index in [4.69, 9.17) is 22.0 Å². The molecule has 158 valence electrons. The predicted molar refractivity (Wildman–Crippen MR) is 111 cm³/mol. The lowest BCUT2D eigenvalue weighted by atomic mass is 9.86. The molecule has 2 rings (SSSR count). The predicted octanol–water partition coefficient (Wildman–Crippen LogP) is 0.911. The highest BCUT2D eigenvalue weighted by Gasteiger charge is 2.34. The molecule has 8 heteroatoms. The first kappa shape index (κ1) is 24.4. The fraction of sp³-hybridized carbons (Fsp3) is 0.619. The second-order valence-corrected chi connectivity index (χ2v) is 8.60. The van der Waals surface area contributed by atoms with E-state index >= 15 is 0 Å². The van der Waals surface area contributed by atoms with Crippen LogP contribution in [0.4, 0.5) is 0 Å². The number of carbonyl (C=O) groups is 2. The second kappa shape index (κ2) is 10.2. The summed E-state index contributed by atoms with van der Waals surface area (Å²) in [4.78, 5) is 26.8. The van der Waals surface area contributed by atoms with Gasteiger partial charge in [0.15, 0.2) is 0 Å². The van der Waals surface area contributed by atoms with Crippen LogP contribution in [0.25, 0.3) is 0 Å². The fourth-order valence-corrected chi connectivity index (χ4v) is 2.75. The van der Waals surface area contributed by atoms with E-state index in [0.717, 1.165) is 0 Å². The van der Waals surface area contributed by atoms with Crippen LogP contribution < -0.4 is 11.5 Å². The minimum Gasteiger partial charge on any atom is -0.320 e. The number of rotatable bonds is 3. The van der Waals surface area contributed by atoms with Crippen molar-refractivity contribution in [3.8, 4) is 12.1 Å². The third-order valence-electron chi connectivity index (χ3n) is 4.95. The molecule has 0 unspecified atom stereocenters. The van der Waals surface area contributed by atoms with Crippen LogP contribution in [-0.2, 0) is 9.59 Å². The minimum atomic E-state index is -0.562. The monoisotopic (exact) mass is 400 g/mol. The number of hydrogen-bond acceptors (Lipinski definition) is 6. The van der Waals surface area contributed by atoms with Crippen LogP contribution in [0.1, 0.15) is 34.6 Å². The maximum Gasteiger partial charge on any atom is 0.241 e. The van der Waals surface area contributed by atoms with Crippen molar-refractivity contribution < 1.29 is 9.59 Å². The van der Waals surface area contributed by atoms with Gasteiger partial charge in [0.05, 0.1) is 24.2 Å². The summed E-state index contributed by atoms with van der Waals surface area (Å²) in [5.41, 5.74) is 11.3. The van der Waals surface area contributed by atoms with Crippen molar-refractivity contribution in [2.75, 3.05) is 13.1 Å². The highest BCUT2D eigenvalue weighted by Crippen LogP contribution is 2.21. The zero-order chi connectivity index (χ0) is 22.4. The lowest BCUT2D eigenvalue weighted by molar-refractivity contribution is -0.134. The third-order valence-corrected chi connectivity index (χ3v) is 4.95. The molecule has 0 aromatic rings. The molecular weight excluding hydrogens is 368 g/mol. The van der Waals surface area contributed by atoms with E-state index in [9.17, 15) is 9.59 Å². The summed E-state index contributed by atoms with van der Waals surface area (Å²) < 4.78 is 0. The van der Waals surface area contributed by atoms with Crippen molar-refractivity contribution in [1.82, 2.24) is 9.80 Å². The molecule has 4 N–H and O–H groups in total. The molecule has 0 saturated carbocycles. The van der Waals surface area contributed by atoms with E-state index in [1.807, 2.05) is 46.8 Å². The first-order valence-corrected chi connectivity index (χ1v) is 9.70. The summed E-state index contributed by atoms with van der Waals surface area (Å²) in [7, 11) is 0. The molecule has 4 atom stereocenters. The Kier molecular flexibility index (Phi) is 8.57. The number of nitriles is 2. The average molecular weight is 401 g/mol. The molecule has 8 nitrogen and oxygen atoms in total. The van der Waals surface area contributed by atoms with Crippen molar-refractivity contribution >= 4 is 11.8 Å². The summed E-state index contributed by atoms with van der Waals surface area (Å²) in [5.74, 6) is -0.196. The van der Waals surface area contributed by atoms with Gasteiger partial charge in [0.25, 0.3) is 0 Å². The number of nitrogens with zero attached hydrogens (tertiary/aromatic N) is 4. The normalized spacial score (nSPS) is 22.6. The smallest absolute Gasteiger partial charge is 0.241 e. The summed E-state index contributed by atoms with van der Waals surface area (Å²) in [6.45, 7) is 10.5. The average Bonchev–Trinajstić information content (AvgIpc) is 3.33. The zero-order valence-electron chi connectivity index (χ0n) is 17.9. The van der Waals surface area contributed by atoms with E-state index in [1.165, 1.54) is 9.80 Å². The molecule has 2 heterocycles. The Balaban J connectivity index is 0.000000291. The van der Waals surface area contributed by atoms with E-state index in [2.05, 4.69) is 12.1 Å². The number of carbonyl (C=O) groups excluding carboxylic acids is 2. The Morgan fingerprint density at radius 3 is 1.72 bits per heavy atom. The highest BCUT2D eigenvalue weighted by atomic mass is 16.2. The summed E-state index contributed by atoms with van der Waals surface area (Å²) in [5, 5.41) is 17.6. The van der Waals surface area contributed by atoms with Gasteiger partial charge in [0, 0.05) is 13.1 Å². The van der Waals surface area contributed by atoms with Gasteiger partial charge in [0.2, 0.25) is 11.8 Å². The van der Waals surface area contributed by atoms with Crippen LogP contribution >= 0.6 is 0 Å². The van der Waals surface area contributed by atoms with E-state index < -0.39 is 24.2 Å². The van der Waals surface area contributed by atoms with Gasteiger partial charge in [-0.05, 0) is 23.5 Å². The van der Waals surface area contributed by atoms with Gasteiger partial charge in [-0.25, -0.2) is 0 Å². The zero-order valence-corrected chi connectivity index (χ0v) is 17.9. The van der Waals surface area contributed by atoms with Crippen LogP contribution in [0.3, 0.4) is 0 Å². The molecule has 2 amide bonds. The molecule has 0 bridgehead atoms. The standard InChI is InChI=1S/C11H17N3O.C10H15N3O/c1-11(2,3)9(13)10(15)14-6-4-5-8(14)7-12;1-7(2)9(12)10(14)13-5-3-4-8(13)6-11/h4-5,8-9H,6,13H2,1-3H3;3-4,7-9H,5,12H2,1-2H3/t8-,9+;8-,9-/m00/s1. The van der Waals surface area contributed by atoms with Gasteiger partial charge in [-0.1, -0.05) is 46.8 Å². The summed E-state index contributed by atoms with van der Waals surface area (Å²) in [6.07, 6.45) is 7.10. The number of nitrogens with two attached hydrogens (primary N) is 2. The molecule has 0 aromatic heterocycles. The van der Waals surface area contributed by atoms with E-state index in [1.54, 1.807) is 12.2 Å². The molecule has 0 aromatic carbocycles. The van der Waals surface area contributed by atoms with Gasteiger partial charge in [0.1, 0.15) is 12.1 Å². The highest BCUT2D eigenvalue weighted by molar-refractivity contribution is 5.84. The van der Waals surface area contributed by atoms with Crippen molar-refractivity contribution in [2.45, 2.75) is 58.8 Å². The van der Waals surface area contributed by atoms with Gasteiger partial charge in [-0.2, -0.15) is 10.5 Å². The number of hydrogen-bond donors (Lipinski definition) is 2. The Morgan fingerprint density at radius 2 is 1.38 bits per heavy atom. The van der Waals surface area contributed by atoms with E-state index in [0.29, 0.717) is 13.1 Å².